The quantitative estimate of drug-likeness (QED) is 0.695. The van der Waals surface area contributed by atoms with Crippen LogP contribution in [-0.2, 0) is 9.59 Å². The van der Waals surface area contributed by atoms with Gasteiger partial charge in [0, 0.05) is 16.7 Å². The molecule has 0 amide bonds. The van der Waals surface area contributed by atoms with E-state index >= 15 is 0 Å². The molecule has 3 fully saturated rings. The molecule has 0 saturated heterocycles. The van der Waals surface area contributed by atoms with E-state index in [2.05, 4.69) is 6.92 Å². The normalized spacial score (nSPS) is 49.9. The molecule has 5 nitrogen and oxygen atoms in total. The Kier molecular flexibility index (Phi) is 3.89. The van der Waals surface area contributed by atoms with Gasteiger partial charge < -0.3 is 15.3 Å². The SMILES string of the molecule is C[C@]12C=CC(=O)C=C1CC[C@@H]1[C@@H]2[C@H](O)C[C@]2(C)[C@@H]1CC[C@]2(O)C(=O)CO. The van der Waals surface area contributed by atoms with Gasteiger partial charge in [-0.15, -0.1) is 0 Å². The van der Waals surface area contributed by atoms with E-state index in [1.54, 1.807) is 12.2 Å². The average Bonchev–Trinajstić information content (AvgIpc) is 2.86. The molecule has 142 valence electrons. The van der Waals surface area contributed by atoms with E-state index in [9.17, 15) is 24.9 Å². The number of hydrogen-bond donors (Lipinski definition) is 3. The van der Waals surface area contributed by atoms with Gasteiger partial charge in [-0.2, -0.15) is 0 Å². The van der Waals surface area contributed by atoms with Crippen LogP contribution < -0.4 is 0 Å². The summed E-state index contributed by atoms with van der Waals surface area (Å²) in [6.07, 6.45) is 7.68. The second-order valence-corrected chi connectivity index (χ2v) is 9.19. The Labute approximate surface area is 153 Å². The largest absolute Gasteiger partial charge is 0.393 e. The van der Waals surface area contributed by atoms with Crippen LogP contribution in [-0.4, -0.2) is 45.2 Å². The lowest BCUT2D eigenvalue weighted by Gasteiger charge is -2.59. The molecule has 4 aliphatic rings. The maximum absolute atomic E-state index is 12.4. The Balaban J connectivity index is 1.75. The van der Waals surface area contributed by atoms with Crippen molar-refractivity contribution in [2.75, 3.05) is 6.61 Å². The smallest absolute Gasteiger partial charge is 0.190 e. The van der Waals surface area contributed by atoms with Gasteiger partial charge in [0.15, 0.2) is 11.6 Å². The Morgan fingerprint density at radius 2 is 2.04 bits per heavy atom. The lowest BCUT2D eigenvalue weighted by Crippen LogP contribution is -2.61. The molecule has 0 aromatic rings. The van der Waals surface area contributed by atoms with Gasteiger partial charge in [-0.3, -0.25) is 9.59 Å². The van der Waals surface area contributed by atoms with E-state index in [0.29, 0.717) is 12.8 Å². The number of aliphatic hydroxyl groups excluding tert-OH is 2. The number of fused-ring (bicyclic) bond motifs is 5. The summed E-state index contributed by atoms with van der Waals surface area (Å²) >= 11 is 0. The van der Waals surface area contributed by atoms with E-state index in [4.69, 9.17) is 0 Å². The first-order chi connectivity index (χ1) is 12.2. The summed E-state index contributed by atoms with van der Waals surface area (Å²) < 4.78 is 0. The number of aliphatic hydroxyl groups is 3. The zero-order chi connectivity index (χ0) is 18.9. The minimum Gasteiger partial charge on any atom is -0.393 e. The molecule has 26 heavy (non-hydrogen) atoms. The van der Waals surface area contributed by atoms with Gasteiger partial charge in [0.1, 0.15) is 12.2 Å². The molecule has 0 heterocycles. The Morgan fingerprint density at radius 3 is 2.73 bits per heavy atom. The van der Waals surface area contributed by atoms with Crippen molar-refractivity contribution in [3.05, 3.63) is 23.8 Å². The fraction of sp³-hybridized carbons (Fsp3) is 0.714. The minimum absolute atomic E-state index is 0.00912. The molecule has 5 heteroatoms. The number of Topliss-reactive ketones (excluding diaryl/α,β-unsaturated/α-hetero) is 1. The number of carbonyl (C=O) groups excluding carboxylic acids is 2. The highest BCUT2D eigenvalue weighted by atomic mass is 16.3. The minimum atomic E-state index is -1.56. The van der Waals surface area contributed by atoms with Crippen LogP contribution in [0.3, 0.4) is 0 Å². The average molecular weight is 360 g/mol. The van der Waals surface area contributed by atoms with Gasteiger partial charge in [-0.05, 0) is 56.1 Å². The molecule has 3 saturated carbocycles. The fourth-order valence-corrected chi connectivity index (χ4v) is 6.92. The highest BCUT2D eigenvalue weighted by Crippen LogP contribution is 2.67. The van der Waals surface area contributed by atoms with Crippen molar-refractivity contribution < 1.29 is 24.9 Å². The van der Waals surface area contributed by atoms with Crippen molar-refractivity contribution >= 4 is 11.6 Å². The zero-order valence-corrected chi connectivity index (χ0v) is 15.4. The first kappa shape index (κ1) is 18.1. The van der Waals surface area contributed by atoms with Gasteiger partial charge in [-0.1, -0.05) is 25.5 Å². The molecule has 4 aliphatic carbocycles. The topological polar surface area (TPSA) is 94.8 Å². The summed E-state index contributed by atoms with van der Waals surface area (Å²) in [4.78, 5) is 24.2. The van der Waals surface area contributed by atoms with Crippen molar-refractivity contribution in [3.63, 3.8) is 0 Å². The Morgan fingerprint density at radius 1 is 1.31 bits per heavy atom. The molecule has 3 N–H and O–H groups in total. The van der Waals surface area contributed by atoms with E-state index in [-0.39, 0.29) is 29.0 Å². The van der Waals surface area contributed by atoms with Crippen molar-refractivity contribution in [3.8, 4) is 0 Å². The standard InChI is InChI=1S/C21H28O5/c1-19-7-5-13(23)9-12(19)3-4-14-15-6-8-21(26,17(25)11-22)20(15,2)10-16(24)18(14)19/h5,7,9,14-16,18,22,24,26H,3-4,6,8,10-11H2,1-2H3/t14-,15+,16+,18+,19-,20+,21-/m0/s1. The van der Waals surface area contributed by atoms with Crippen LogP contribution in [0.1, 0.15) is 46.0 Å². The van der Waals surface area contributed by atoms with Crippen molar-refractivity contribution in [1.29, 1.82) is 0 Å². The number of allylic oxidation sites excluding steroid dienone is 4. The van der Waals surface area contributed by atoms with Crippen molar-refractivity contribution in [1.82, 2.24) is 0 Å². The van der Waals surface area contributed by atoms with Crippen molar-refractivity contribution in [2.45, 2.75) is 57.7 Å². The Hall–Kier alpha value is -1.30. The van der Waals surface area contributed by atoms with Crippen LogP contribution in [0.25, 0.3) is 0 Å². The maximum atomic E-state index is 12.4. The van der Waals surface area contributed by atoms with E-state index in [0.717, 1.165) is 24.8 Å². The summed E-state index contributed by atoms with van der Waals surface area (Å²) in [7, 11) is 0. The molecule has 0 aromatic heterocycles. The zero-order valence-electron chi connectivity index (χ0n) is 15.4. The van der Waals surface area contributed by atoms with Crippen LogP contribution in [0, 0.1) is 28.6 Å². The molecule has 0 unspecified atom stereocenters. The van der Waals surface area contributed by atoms with Gasteiger partial charge in [0.2, 0.25) is 0 Å². The van der Waals surface area contributed by atoms with E-state index in [1.165, 1.54) is 0 Å². The summed E-state index contributed by atoms with van der Waals surface area (Å²) in [5.41, 5.74) is -1.54. The van der Waals surface area contributed by atoms with Gasteiger partial charge >= 0.3 is 0 Å². The van der Waals surface area contributed by atoms with Crippen LogP contribution in [0.5, 0.6) is 0 Å². The lowest BCUT2D eigenvalue weighted by atomic mass is 9.46. The number of hydrogen-bond acceptors (Lipinski definition) is 5. The predicted molar refractivity (Wildman–Crippen MR) is 95.0 cm³/mol. The van der Waals surface area contributed by atoms with Crippen LogP contribution in [0.4, 0.5) is 0 Å². The van der Waals surface area contributed by atoms with Gasteiger partial charge in [0.05, 0.1) is 6.10 Å². The molecular weight excluding hydrogens is 332 g/mol. The predicted octanol–water partition coefficient (Wildman–Crippen LogP) is 1.56. The molecule has 0 spiro atoms. The van der Waals surface area contributed by atoms with E-state index in [1.807, 2.05) is 13.0 Å². The molecular formula is C21H28O5. The molecule has 7 atom stereocenters. The van der Waals surface area contributed by atoms with Gasteiger partial charge in [0.25, 0.3) is 0 Å². The summed E-state index contributed by atoms with van der Waals surface area (Å²) in [5.74, 6) is -0.227. The van der Waals surface area contributed by atoms with Crippen LogP contribution in [0.15, 0.2) is 23.8 Å². The summed E-state index contributed by atoms with van der Waals surface area (Å²) in [6.45, 7) is 3.34. The third-order valence-corrected chi connectivity index (χ3v) is 8.25. The number of rotatable bonds is 2. The lowest BCUT2D eigenvalue weighted by molar-refractivity contribution is -0.178. The summed E-state index contributed by atoms with van der Waals surface area (Å²) in [5, 5.41) is 31.7. The first-order valence-corrected chi connectivity index (χ1v) is 9.66. The van der Waals surface area contributed by atoms with Crippen LogP contribution in [0.2, 0.25) is 0 Å². The first-order valence-electron chi connectivity index (χ1n) is 9.66. The highest BCUT2D eigenvalue weighted by molar-refractivity contribution is 6.01. The maximum Gasteiger partial charge on any atom is 0.190 e. The molecule has 0 aliphatic heterocycles. The van der Waals surface area contributed by atoms with Crippen molar-refractivity contribution in [2.24, 2.45) is 28.6 Å². The third kappa shape index (κ3) is 2.08. The Bertz CT molecular complexity index is 724. The monoisotopic (exact) mass is 360 g/mol. The second kappa shape index (κ2) is 5.60. The third-order valence-electron chi connectivity index (χ3n) is 8.25. The molecule has 4 rings (SSSR count). The highest BCUT2D eigenvalue weighted by Gasteiger charge is 2.67. The summed E-state index contributed by atoms with van der Waals surface area (Å²) in [6, 6.07) is 0. The number of ketones is 2. The fourth-order valence-electron chi connectivity index (χ4n) is 6.92. The molecule has 0 aromatic carbocycles. The molecule has 0 radical (unpaired) electrons. The second-order valence-electron chi connectivity index (χ2n) is 9.19. The molecule has 0 bridgehead atoms. The number of carbonyl (C=O) groups is 2. The van der Waals surface area contributed by atoms with Gasteiger partial charge in [-0.25, -0.2) is 0 Å². The van der Waals surface area contributed by atoms with E-state index < -0.39 is 29.5 Å². The van der Waals surface area contributed by atoms with Crippen LogP contribution >= 0.6 is 0 Å².